The third-order valence-electron chi connectivity index (χ3n) is 2.64. The summed E-state index contributed by atoms with van der Waals surface area (Å²) in [5.74, 6) is 0. The third kappa shape index (κ3) is 2.63. The van der Waals surface area contributed by atoms with Crippen molar-refractivity contribution in [3.05, 3.63) is 45.4 Å². The van der Waals surface area contributed by atoms with Gasteiger partial charge in [-0.15, -0.1) is 11.3 Å². The van der Waals surface area contributed by atoms with E-state index in [0.717, 1.165) is 29.1 Å². The molecule has 1 heterocycles. The summed E-state index contributed by atoms with van der Waals surface area (Å²) >= 11 is 1.65. The summed E-state index contributed by atoms with van der Waals surface area (Å²) in [4.78, 5) is 5.45. The number of benzene rings is 1. The minimum absolute atomic E-state index is 0.726. The number of thiazole rings is 1. The average molecular weight is 243 g/mol. The van der Waals surface area contributed by atoms with Crippen LogP contribution in [0.5, 0.6) is 0 Å². The van der Waals surface area contributed by atoms with Crippen LogP contribution in [0.2, 0.25) is 0 Å². The van der Waals surface area contributed by atoms with Crippen molar-refractivity contribution in [2.45, 2.75) is 20.4 Å². The summed E-state index contributed by atoms with van der Waals surface area (Å²) in [6.45, 7) is 4.74. The van der Waals surface area contributed by atoms with E-state index in [9.17, 15) is 0 Å². The third-order valence-corrected chi connectivity index (χ3v) is 3.58. The molecule has 0 spiro atoms. The highest BCUT2D eigenvalue weighted by molar-refractivity contribution is 7.09. The topological polar surface area (TPSA) is 48.7 Å². The first-order valence-electron chi connectivity index (χ1n) is 5.34. The predicted octanol–water partition coefficient (Wildman–Crippen LogP) is 3.24. The molecule has 2 rings (SSSR count). The molecule has 0 radical (unpaired) electrons. The van der Waals surface area contributed by atoms with Crippen LogP contribution in [-0.4, -0.2) is 4.98 Å². The molecule has 0 saturated carbocycles. The van der Waals surface area contributed by atoms with Crippen LogP contribution in [0.3, 0.4) is 0 Å². The predicted molar refractivity (Wildman–Crippen MR) is 70.1 cm³/mol. The Balaban J connectivity index is 2.08. The highest BCUT2D eigenvalue weighted by Crippen LogP contribution is 2.17. The van der Waals surface area contributed by atoms with Gasteiger partial charge in [-0.3, -0.25) is 0 Å². The number of anilines is 1. The molecule has 0 unspecified atom stereocenters. The first kappa shape index (κ1) is 11.6. The zero-order chi connectivity index (χ0) is 12.3. The van der Waals surface area contributed by atoms with E-state index in [1.165, 1.54) is 4.88 Å². The zero-order valence-electron chi connectivity index (χ0n) is 9.82. The van der Waals surface area contributed by atoms with Gasteiger partial charge in [0, 0.05) is 10.6 Å². The van der Waals surface area contributed by atoms with Crippen LogP contribution in [0.15, 0.2) is 23.7 Å². The lowest BCUT2D eigenvalue weighted by Crippen LogP contribution is -1.99. The van der Waals surface area contributed by atoms with Crippen molar-refractivity contribution in [1.82, 2.24) is 4.98 Å². The summed E-state index contributed by atoms with van der Waals surface area (Å²) in [6, 6.07) is 7.94. The van der Waals surface area contributed by atoms with E-state index in [1.807, 2.05) is 37.6 Å². The van der Waals surface area contributed by atoms with Crippen molar-refractivity contribution < 1.29 is 0 Å². The van der Waals surface area contributed by atoms with Crippen LogP contribution < -0.4 is 5.32 Å². The number of hydrogen-bond donors (Lipinski definition) is 1. The second-order valence-corrected chi connectivity index (χ2v) is 4.80. The molecule has 0 saturated heterocycles. The molecule has 1 aromatic heterocycles. The van der Waals surface area contributed by atoms with E-state index < -0.39 is 0 Å². The Morgan fingerprint density at radius 2 is 2.24 bits per heavy atom. The van der Waals surface area contributed by atoms with Gasteiger partial charge in [-0.25, -0.2) is 4.98 Å². The summed E-state index contributed by atoms with van der Waals surface area (Å²) < 4.78 is 0. The van der Waals surface area contributed by atoms with E-state index >= 15 is 0 Å². The molecule has 0 bridgehead atoms. The Bertz CT molecular complexity index is 566. The maximum absolute atomic E-state index is 8.85. The van der Waals surface area contributed by atoms with E-state index in [2.05, 4.69) is 16.4 Å². The Hall–Kier alpha value is -1.86. The van der Waals surface area contributed by atoms with Crippen molar-refractivity contribution in [3.8, 4) is 6.07 Å². The lowest BCUT2D eigenvalue weighted by atomic mass is 10.1. The molecule has 0 aliphatic rings. The van der Waals surface area contributed by atoms with E-state index in [4.69, 9.17) is 5.26 Å². The van der Waals surface area contributed by atoms with Crippen molar-refractivity contribution >= 4 is 17.0 Å². The lowest BCUT2D eigenvalue weighted by molar-refractivity contribution is 1.12. The van der Waals surface area contributed by atoms with Crippen molar-refractivity contribution in [2.24, 2.45) is 0 Å². The number of nitrogens with one attached hydrogen (secondary N) is 1. The highest BCUT2D eigenvalue weighted by Gasteiger charge is 2.02. The highest BCUT2D eigenvalue weighted by atomic mass is 32.1. The molecule has 3 nitrogen and oxygen atoms in total. The molecule has 2 aromatic rings. The summed E-state index contributed by atoms with van der Waals surface area (Å²) in [7, 11) is 0. The second kappa shape index (κ2) is 4.98. The molecule has 86 valence electrons. The Morgan fingerprint density at radius 1 is 1.41 bits per heavy atom. The van der Waals surface area contributed by atoms with E-state index in [0.29, 0.717) is 0 Å². The summed E-state index contributed by atoms with van der Waals surface area (Å²) in [5, 5.41) is 12.2. The SMILES string of the molecule is Cc1cc(NCc2scnc2C)ccc1C#N. The molecule has 0 aliphatic heterocycles. The Kier molecular flexibility index (Phi) is 3.40. The van der Waals surface area contributed by atoms with Gasteiger partial charge in [0.1, 0.15) is 0 Å². The first-order valence-corrected chi connectivity index (χ1v) is 6.22. The van der Waals surface area contributed by atoms with Gasteiger partial charge >= 0.3 is 0 Å². The molecule has 0 fully saturated rings. The fraction of sp³-hybridized carbons (Fsp3) is 0.231. The molecule has 0 aliphatic carbocycles. The summed E-state index contributed by atoms with van der Waals surface area (Å²) in [5.41, 5.74) is 5.70. The Morgan fingerprint density at radius 3 is 2.82 bits per heavy atom. The fourth-order valence-corrected chi connectivity index (χ4v) is 2.29. The van der Waals surface area contributed by atoms with Gasteiger partial charge in [-0.2, -0.15) is 5.26 Å². The number of nitriles is 1. The average Bonchev–Trinajstić information content (AvgIpc) is 2.72. The molecule has 4 heteroatoms. The number of rotatable bonds is 3. The van der Waals surface area contributed by atoms with Crippen LogP contribution in [0.25, 0.3) is 0 Å². The van der Waals surface area contributed by atoms with Gasteiger partial charge in [0.15, 0.2) is 0 Å². The second-order valence-electron chi connectivity index (χ2n) is 3.86. The monoisotopic (exact) mass is 243 g/mol. The largest absolute Gasteiger partial charge is 0.380 e. The number of nitrogens with zero attached hydrogens (tertiary/aromatic N) is 2. The Labute approximate surface area is 105 Å². The molecule has 17 heavy (non-hydrogen) atoms. The minimum Gasteiger partial charge on any atom is -0.380 e. The molecular weight excluding hydrogens is 230 g/mol. The van der Waals surface area contributed by atoms with E-state index in [-0.39, 0.29) is 0 Å². The van der Waals surface area contributed by atoms with E-state index in [1.54, 1.807) is 11.3 Å². The van der Waals surface area contributed by atoms with Crippen LogP contribution in [0.1, 0.15) is 21.7 Å². The van der Waals surface area contributed by atoms with Crippen LogP contribution in [0.4, 0.5) is 5.69 Å². The number of aromatic nitrogens is 1. The molecule has 1 aromatic carbocycles. The molecule has 1 N–H and O–H groups in total. The van der Waals surface area contributed by atoms with Crippen LogP contribution in [0, 0.1) is 25.2 Å². The van der Waals surface area contributed by atoms with Crippen LogP contribution in [-0.2, 0) is 6.54 Å². The van der Waals surface area contributed by atoms with Gasteiger partial charge in [0.05, 0.1) is 29.4 Å². The normalized spacial score (nSPS) is 9.94. The standard InChI is InChI=1S/C13H13N3S/c1-9-5-12(4-3-11(9)6-14)15-7-13-10(2)16-8-17-13/h3-5,8,15H,7H2,1-2H3. The van der Waals surface area contributed by atoms with Crippen molar-refractivity contribution in [3.63, 3.8) is 0 Å². The maximum Gasteiger partial charge on any atom is 0.0994 e. The van der Waals surface area contributed by atoms with Crippen LogP contribution >= 0.6 is 11.3 Å². The minimum atomic E-state index is 0.726. The van der Waals surface area contributed by atoms with Crippen molar-refractivity contribution in [1.29, 1.82) is 5.26 Å². The number of aryl methyl sites for hydroxylation is 2. The maximum atomic E-state index is 8.85. The van der Waals surface area contributed by atoms with Gasteiger partial charge in [-0.1, -0.05) is 0 Å². The van der Waals surface area contributed by atoms with Gasteiger partial charge in [-0.05, 0) is 37.6 Å². The molecule has 0 amide bonds. The molecular formula is C13H13N3S. The zero-order valence-corrected chi connectivity index (χ0v) is 10.6. The number of hydrogen-bond acceptors (Lipinski definition) is 4. The van der Waals surface area contributed by atoms with Gasteiger partial charge < -0.3 is 5.32 Å². The lowest BCUT2D eigenvalue weighted by Gasteiger charge is -2.07. The van der Waals surface area contributed by atoms with Gasteiger partial charge in [0.25, 0.3) is 0 Å². The quantitative estimate of drug-likeness (QED) is 0.900. The van der Waals surface area contributed by atoms with Crippen molar-refractivity contribution in [2.75, 3.05) is 5.32 Å². The molecule has 0 atom stereocenters. The fourth-order valence-electron chi connectivity index (χ4n) is 1.58. The summed E-state index contributed by atoms with van der Waals surface area (Å²) in [6.07, 6.45) is 0. The smallest absolute Gasteiger partial charge is 0.0994 e. The van der Waals surface area contributed by atoms with Gasteiger partial charge in [0.2, 0.25) is 0 Å². The first-order chi connectivity index (χ1) is 8.20.